The second-order valence-electron chi connectivity index (χ2n) is 7.47. The molecule has 0 spiro atoms. The van der Waals surface area contributed by atoms with Crippen LogP contribution in [-0.4, -0.2) is 13.7 Å². The van der Waals surface area contributed by atoms with Crippen molar-refractivity contribution < 1.29 is 4.74 Å². The quantitative estimate of drug-likeness (QED) is 0.235. The molecule has 0 saturated carbocycles. The van der Waals surface area contributed by atoms with Crippen LogP contribution >= 0.6 is 7.05 Å². The Morgan fingerprint density at radius 2 is 1.12 bits per heavy atom. The Balaban J connectivity index is 1.70. The fourth-order valence-electron chi connectivity index (χ4n) is 3.84. The molecule has 0 saturated heterocycles. The zero-order chi connectivity index (χ0) is 22.1. The highest BCUT2D eigenvalue weighted by atomic mass is 31.2. The van der Waals surface area contributed by atoms with E-state index in [2.05, 4.69) is 115 Å². The van der Waals surface area contributed by atoms with Gasteiger partial charge in [-0.1, -0.05) is 115 Å². The van der Waals surface area contributed by atoms with Gasteiger partial charge in [0.05, 0.1) is 14.2 Å². The molecule has 0 atom stereocenters. The Hall–Kier alpha value is -3.35. The van der Waals surface area contributed by atoms with E-state index in [1.165, 1.54) is 21.5 Å². The van der Waals surface area contributed by atoms with E-state index in [9.17, 15) is 0 Å². The van der Waals surface area contributed by atoms with Crippen LogP contribution in [-0.2, 0) is 0 Å². The summed E-state index contributed by atoms with van der Waals surface area (Å²) in [4.78, 5) is 0. The van der Waals surface area contributed by atoms with E-state index in [1.807, 2.05) is 12.1 Å². The van der Waals surface area contributed by atoms with E-state index < -0.39 is 7.05 Å². The van der Waals surface area contributed by atoms with Crippen LogP contribution in [0.15, 0.2) is 126 Å². The van der Waals surface area contributed by atoms with Crippen LogP contribution < -0.4 is 20.7 Å². The Morgan fingerprint density at radius 1 is 0.656 bits per heavy atom. The first kappa shape index (κ1) is 21.9. The fraction of sp³-hybridized carbons (Fsp3) is 0.103. The number of ether oxygens (including phenoxy) is 1. The molecule has 0 aliphatic carbocycles. The van der Waals surface area contributed by atoms with Gasteiger partial charge in [0.15, 0.2) is 0 Å². The molecule has 0 bridgehead atoms. The molecule has 0 fully saturated rings. The lowest BCUT2D eigenvalue weighted by molar-refractivity contribution is 0.415. The number of nitrogens with zero attached hydrogens (tertiary/aromatic N) is 1. The lowest BCUT2D eigenvalue weighted by atomic mass is 10.2. The number of hydrogen-bond donors (Lipinski definition) is 0. The van der Waals surface area contributed by atoms with E-state index >= 15 is 0 Å². The summed E-state index contributed by atoms with van der Waals surface area (Å²) >= 11 is 0. The molecule has 4 rings (SSSR count). The molecule has 0 aliphatic heterocycles. The minimum Gasteiger partial charge on any atom is -0.497 e. The van der Waals surface area contributed by atoms with Gasteiger partial charge in [-0.15, -0.1) is 0 Å². The van der Waals surface area contributed by atoms with Crippen LogP contribution in [0.1, 0.15) is 12.0 Å². The fourth-order valence-corrected chi connectivity index (χ4v) is 7.45. The molecular weight excluding hydrogens is 409 g/mol. The molecular formula is C29H28NOP. The largest absolute Gasteiger partial charge is 0.497 e. The second kappa shape index (κ2) is 10.8. The SMILES string of the molecule is COc1ccc(/C=C\CCN=P(c2ccccc2)(c2ccccc2)c2ccccc2)cc1. The second-order valence-corrected chi connectivity index (χ2v) is 10.6. The van der Waals surface area contributed by atoms with Crippen molar-refractivity contribution in [2.45, 2.75) is 6.42 Å². The molecule has 0 radical (unpaired) electrons. The highest BCUT2D eigenvalue weighted by Crippen LogP contribution is 2.46. The van der Waals surface area contributed by atoms with Crippen molar-refractivity contribution in [3.8, 4) is 5.75 Å². The average molecular weight is 438 g/mol. The summed E-state index contributed by atoms with van der Waals surface area (Å²) in [6, 6.07) is 40.4. The van der Waals surface area contributed by atoms with Crippen molar-refractivity contribution in [2.24, 2.45) is 4.74 Å². The number of hydrogen-bond acceptors (Lipinski definition) is 2. The highest BCUT2D eigenvalue weighted by molar-refractivity contribution is 7.87. The van der Waals surface area contributed by atoms with Crippen molar-refractivity contribution in [1.82, 2.24) is 0 Å². The average Bonchev–Trinajstić information content (AvgIpc) is 2.88. The molecule has 3 heteroatoms. The van der Waals surface area contributed by atoms with Crippen molar-refractivity contribution in [3.05, 3.63) is 127 Å². The van der Waals surface area contributed by atoms with Crippen LogP contribution in [0.2, 0.25) is 0 Å². The molecule has 0 unspecified atom stereocenters. The van der Waals surface area contributed by atoms with Gasteiger partial charge >= 0.3 is 0 Å². The minimum atomic E-state index is -2.10. The third kappa shape index (κ3) is 4.93. The zero-order valence-corrected chi connectivity index (χ0v) is 19.2. The molecule has 4 aromatic carbocycles. The number of methoxy groups -OCH3 is 1. The van der Waals surface area contributed by atoms with Crippen LogP contribution in [0, 0.1) is 0 Å². The standard InChI is InChI=1S/C29H28NOP/c1-31-26-22-20-25(21-23-26)13-11-12-24-30-32(27-14-5-2-6-15-27,28-16-7-3-8-17-28)29-18-9-4-10-19-29/h2-11,13-23H,12,24H2,1H3/b13-11-. The van der Waals surface area contributed by atoms with Gasteiger partial charge in [-0.3, -0.25) is 4.74 Å². The molecule has 0 aliphatic rings. The third-order valence-electron chi connectivity index (χ3n) is 5.42. The topological polar surface area (TPSA) is 21.6 Å². The Bertz CT molecular complexity index is 1080. The summed E-state index contributed by atoms with van der Waals surface area (Å²) in [5.74, 6) is 0.875. The molecule has 160 valence electrons. The lowest BCUT2D eigenvalue weighted by Gasteiger charge is -2.27. The van der Waals surface area contributed by atoms with Crippen molar-refractivity contribution in [3.63, 3.8) is 0 Å². The molecule has 4 aromatic rings. The monoisotopic (exact) mass is 437 g/mol. The van der Waals surface area contributed by atoms with Crippen molar-refractivity contribution >= 4 is 29.0 Å². The van der Waals surface area contributed by atoms with Gasteiger partial charge in [-0.05, 0) is 24.1 Å². The predicted molar refractivity (Wildman–Crippen MR) is 139 cm³/mol. The summed E-state index contributed by atoms with van der Waals surface area (Å²) in [6.45, 7) is 0.763. The van der Waals surface area contributed by atoms with E-state index in [0.29, 0.717) is 0 Å². The maximum absolute atomic E-state index is 5.46. The summed E-state index contributed by atoms with van der Waals surface area (Å²) < 4.78 is 10.7. The third-order valence-corrected chi connectivity index (χ3v) is 9.18. The minimum absolute atomic E-state index is 0.763. The van der Waals surface area contributed by atoms with Crippen molar-refractivity contribution in [2.75, 3.05) is 13.7 Å². The molecule has 2 nitrogen and oxygen atoms in total. The van der Waals surface area contributed by atoms with E-state index in [0.717, 1.165) is 18.7 Å². The predicted octanol–water partition coefficient (Wildman–Crippen LogP) is 6.28. The first-order valence-electron chi connectivity index (χ1n) is 10.9. The van der Waals surface area contributed by atoms with E-state index in [-0.39, 0.29) is 0 Å². The maximum Gasteiger partial charge on any atom is 0.118 e. The Labute approximate surface area is 191 Å². The lowest BCUT2D eigenvalue weighted by Crippen LogP contribution is -2.25. The van der Waals surface area contributed by atoms with E-state index in [4.69, 9.17) is 9.48 Å². The number of rotatable bonds is 8. The summed E-state index contributed by atoms with van der Waals surface area (Å²) in [5, 5.41) is 3.87. The van der Waals surface area contributed by atoms with Gasteiger partial charge in [0.1, 0.15) is 5.75 Å². The molecule has 32 heavy (non-hydrogen) atoms. The van der Waals surface area contributed by atoms with Gasteiger partial charge in [0, 0.05) is 22.5 Å². The zero-order valence-electron chi connectivity index (χ0n) is 18.3. The van der Waals surface area contributed by atoms with Gasteiger partial charge in [-0.2, -0.15) is 0 Å². The van der Waals surface area contributed by atoms with Gasteiger partial charge in [-0.25, -0.2) is 0 Å². The smallest absolute Gasteiger partial charge is 0.118 e. The first-order chi connectivity index (χ1) is 15.8. The normalized spacial score (nSPS) is 11.4. The molecule has 0 aromatic heterocycles. The van der Waals surface area contributed by atoms with E-state index in [1.54, 1.807) is 7.11 Å². The highest BCUT2D eigenvalue weighted by Gasteiger charge is 2.26. The maximum atomic E-state index is 5.46. The number of benzene rings is 4. The van der Waals surface area contributed by atoms with Crippen LogP contribution in [0.5, 0.6) is 5.75 Å². The van der Waals surface area contributed by atoms with Crippen LogP contribution in [0.25, 0.3) is 6.08 Å². The van der Waals surface area contributed by atoms with Gasteiger partial charge < -0.3 is 4.74 Å². The van der Waals surface area contributed by atoms with Crippen LogP contribution in [0.4, 0.5) is 0 Å². The molecule has 0 heterocycles. The summed E-state index contributed by atoms with van der Waals surface area (Å²) in [7, 11) is -0.413. The molecule has 0 amide bonds. The Kier molecular flexibility index (Phi) is 7.38. The first-order valence-corrected chi connectivity index (χ1v) is 12.6. The summed E-state index contributed by atoms with van der Waals surface area (Å²) in [6.07, 6.45) is 5.25. The van der Waals surface area contributed by atoms with Gasteiger partial charge in [0.2, 0.25) is 0 Å². The summed E-state index contributed by atoms with van der Waals surface area (Å²) in [5.41, 5.74) is 1.17. The van der Waals surface area contributed by atoms with Crippen molar-refractivity contribution in [1.29, 1.82) is 0 Å². The van der Waals surface area contributed by atoms with Crippen LogP contribution in [0.3, 0.4) is 0 Å². The molecule has 0 N–H and O–H groups in total. The van der Waals surface area contributed by atoms with Gasteiger partial charge in [0.25, 0.3) is 0 Å². The Morgan fingerprint density at radius 3 is 1.56 bits per heavy atom.